The molecule has 154 valence electrons. The van der Waals surface area contributed by atoms with E-state index in [-0.39, 0.29) is 6.17 Å². The van der Waals surface area contributed by atoms with Gasteiger partial charge in [-0.1, -0.05) is 0 Å². The van der Waals surface area contributed by atoms with Gasteiger partial charge in [0.1, 0.15) is 23.6 Å². The van der Waals surface area contributed by atoms with Gasteiger partial charge in [0, 0.05) is 36.8 Å². The van der Waals surface area contributed by atoms with Gasteiger partial charge in [-0.15, -0.1) is 0 Å². The van der Waals surface area contributed by atoms with Gasteiger partial charge >= 0.3 is 0 Å². The molecule has 0 saturated heterocycles. The third kappa shape index (κ3) is 4.13. The number of pyridine rings is 2. The summed E-state index contributed by atoms with van der Waals surface area (Å²) in [5, 5.41) is 3.38. The Balaban J connectivity index is 0.00000124. The van der Waals surface area contributed by atoms with Crippen LogP contribution in [0, 0.1) is 0 Å². The molecule has 1 atom stereocenters. The molecule has 3 heterocycles. The Hall–Kier alpha value is -3.78. The topological polar surface area (TPSA) is 106 Å². The highest BCUT2D eigenvalue weighted by molar-refractivity contribution is 6.01. The number of hydrogen-bond donors (Lipinski definition) is 2. The van der Waals surface area contributed by atoms with Crippen molar-refractivity contribution < 1.29 is 9.53 Å². The first-order valence-corrected chi connectivity index (χ1v) is 9.35. The van der Waals surface area contributed by atoms with E-state index in [4.69, 9.17) is 9.73 Å². The van der Waals surface area contributed by atoms with Gasteiger partial charge in [0.25, 0.3) is 0 Å². The molecule has 0 spiro atoms. The summed E-state index contributed by atoms with van der Waals surface area (Å²) >= 11 is 0. The molecule has 2 aromatic heterocycles. The van der Waals surface area contributed by atoms with Crippen molar-refractivity contribution in [1.82, 2.24) is 14.9 Å². The van der Waals surface area contributed by atoms with Gasteiger partial charge in [0.05, 0.1) is 18.4 Å². The Morgan fingerprint density at radius 1 is 1.17 bits per heavy atom. The molecule has 1 aliphatic rings. The van der Waals surface area contributed by atoms with Crippen molar-refractivity contribution in [3.05, 3.63) is 77.7 Å². The first kappa shape index (κ1) is 20.9. The summed E-state index contributed by atoms with van der Waals surface area (Å²) in [6.07, 6.45) is 5.65. The van der Waals surface area contributed by atoms with Crippen LogP contribution in [0.4, 0.5) is 11.5 Å². The fraction of sp³-hybridized carbons (Fsp3) is 0.182. The molecule has 0 fully saturated rings. The summed E-state index contributed by atoms with van der Waals surface area (Å²) in [5.74, 6) is 2.01. The van der Waals surface area contributed by atoms with Crippen molar-refractivity contribution in [3.63, 3.8) is 0 Å². The maximum atomic E-state index is 11.4. The quantitative estimate of drug-likeness (QED) is 0.630. The van der Waals surface area contributed by atoms with Crippen molar-refractivity contribution in [2.24, 2.45) is 10.7 Å². The van der Waals surface area contributed by atoms with E-state index in [2.05, 4.69) is 21.0 Å². The van der Waals surface area contributed by atoms with E-state index in [1.165, 1.54) is 7.05 Å². The normalized spacial score (nSPS) is 14.6. The van der Waals surface area contributed by atoms with E-state index in [1.807, 2.05) is 42.3 Å². The average molecular weight is 404 g/mol. The first-order chi connectivity index (χ1) is 14.7. The number of nitrogens with zero attached hydrogens (tertiary/aromatic N) is 4. The number of anilines is 1. The molecule has 0 saturated carbocycles. The van der Waals surface area contributed by atoms with Gasteiger partial charge in [-0.25, -0.2) is 9.98 Å². The van der Waals surface area contributed by atoms with Crippen LogP contribution in [0.15, 0.2) is 66.0 Å². The number of fused-ring (bicyclic) bond motifs is 1. The zero-order chi connectivity index (χ0) is 21.5. The van der Waals surface area contributed by atoms with Crippen molar-refractivity contribution in [1.29, 1.82) is 0 Å². The van der Waals surface area contributed by atoms with Crippen LogP contribution >= 0.6 is 0 Å². The Morgan fingerprint density at radius 3 is 2.67 bits per heavy atom. The monoisotopic (exact) mass is 404 g/mol. The summed E-state index contributed by atoms with van der Waals surface area (Å²) in [4.78, 5) is 26.8. The lowest BCUT2D eigenvalue weighted by Crippen LogP contribution is -2.38. The standard InChI is InChI=1S/C21H19N5O2.CH5N/c1-26-20(14-5-3-9-22-12-14)24-18-8-7-16(28-2)11-17(18)21(26)25-19-15(13-27)6-4-10-23-19;1-2/h3-13,21H,1-2H3,(H,23,25);2H2,1H3. The molecule has 1 aromatic carbocycles. The number of amidine groups is 1. The van der Waals surface area contributed by atoms with E-state index in [1.54, 1.807) is 37.8 Å². The van der Waals surface area contributed by atoms with Crippen molar-refractivity contribution >= 4 is 23.6 Å². The smallest absolute Gasteiger partial charge is 0.153 e. The fourth-order valence-electron chi connectivity index (χ4n) is 3.21. The van der Waals surface area contributed by atoms with Crippen LogP contribution in [0.1, 0.15) is 27.7 Å². The Labute approximate surface area is 175 Å². The molecule has 1 unspecified atom stereocenters. The molecular weight excluding hydrogens is 380 g/mol. The van der Waals surface area contributed by atoms with E-state index in [0.717, 1.165) is 34.7 Å². The maximum absolute atomic E-state index is 11.4. The highest BCUT2D eigenvalue weighted by Crippen LogP contribution is 2.38. The van der Waals surface area contributed by atoms with Gasteiger partial charge in [-0.05, 0) is 49.5 Å². The largest absolute Gasteiger partial charge is 0.497 e. The minimum absolute atomic E-state index is 0.300. The second kappa shape index (κ2) is 9.62. The molecule has 0 aliphatic carbocycles. The van der Waals surface area contributed by atoms with Gasteiger partial charge in [-0.3, -0.25) is 9.78 Å². The summed E-state index contributed by atoms with van der Waals surface area (Å²) in [6.45, 7) is 0. The molecule has 3 aromatic rings. The third-order valence-electron chi connectivity index (χ3n) is 4.64. The minimum Gasteiger partial charge on any atom is -0.497 e. The number of ether oxygens (including phenoxy) is 1. The van der Waals surface area contributed by atoms with Crippen LogP contribution in [0.2, 0.25) is 0 Å². The third-order valence-corrected chi connectivity index (χ3v) is 4.64. The SMILES string of the molecule is CN.COc1ccc2c(c1)C(Nc1ncccc1C=O)N(C)C(c1cccnc1)=N2. The molecule has 30 heavy (non-hydrogen) atoms. The number of rotatable bonds is 5. The van der Waals surface area contributed by atoms with Crippen LogP contribution in [-0.2, 0) is 0 Å². The number of carbonyl (C=O) groups is 1. The predicted molar refractivity (Wildman–Crippen MR) is 117 cm³/mol. The molecular formula is C22H24N6O2. The molecule has 3 N–H and O–H groups in total. The summed E-state index contributed by atoms with van der Waals surface area (Å²) < 4.78 is 5.39. The van der Waals surface area contributed by atoms with Crippen LogP contribution < -0.4 is 15.8 Å². The molecule has 0 radical (unpaired) electrons. The zero-order valence-electron chi connectivity index (χ0n) is 17.1. The number of aliphatic imine (C=N–C) groups is 1. The second-order valence-electron chi connectivity index (χ2n) is 6.32. The number of benzene rings is 1. The maximum Gasteiger partial charge on any atom is 0.153 e. The molecule has 8 nitrogen and oxygen atoms in total. The predicted octanol–water partition coefficient (Wildman–Crippen LogP) is 3.01. The van der Waals surface area contributed by atoms with Crippen LogP contribution in [0.5, 0.6) is 5.75 Å². The molecule has 1 aliphatic heterocycles. The van der Waals surface area contributed by atoms with Crippen molar-refractivity contribution in [2.75, 3.05) is 26.5 Å². The van der Waals surface area contributed by atoms with Gasteiger partial charge in [0.2, 0.25) is 0 Å². The number of carbonyl (C=O) groups excluding carboxylic acids is 1. The first-order valence-electron chi connectivity index (χ1n) is 9.35. The number of methoxy groups -OCH3 is 1. The average Bonchev–Trinajstić information content (AvgIpc) is 2.82. The lowest BCUT2D eigenvalue weighted by Gasteiger charge is -2.36. The van der Waals surface area contributed by atoms with Crippen molar-refractivity contribution in [2.45, 2.75) is 6.17 Å². The number of aldehydes is 1. The van der Waals surface area contributed by atoms with E-state index in [9.17, 15) is 4.79 Å². The number of aromatic nitrogens is 2. The zero-order valence-corrected chi connectivity index (χ0v) is 17.1. The number of nitrogens with two attached hydrogens (primary N) is 1. The van der Waals surface area contributed by atoms with Crippen LogP contribution in [-0.4, -0.2) is 48.2 Å². The highest BCUT2D eigenvalue weighted by Gasteiger charge is 2.29. The number of nitrogens with one attached hydrogen (secondary N) is 1. The number of hydrogen-bond acceptors (Lipinski definition) is 8. The van der Waals surface area contributed by atoms with Gasteiger partial charge in [-0.2, -0.15) is 0 Å². The second-order valence-corrected chi connectivity index (χ2v) is 6.32. The fourth-order valence-corrected chi connectivity index (χ4v) is 3.21. The minimum atomic E-state index is -0.300. The lowest BCUT2D eigenvalue weighted by molar-refractivity contribution is 0.112. The van der Waals surface area contributed by atoms with Crippen LogP contribution in [0.25, 0.3) is 0 Å². The van der Waals surface area contributed by atoms with E-state index in [0.29, 0.717) is 11.4 Å². The summed E-state index contributed by atoms with van der Waals surface area (Å²) in [6, 6.07) is 13.0. The summed E-state index contributed by atoms with van der Waals surface area (Å²) in [7, 11) is 5.07. The van der Waals surface area contributed by atoms with E-state index >= 15 is 0 Å². The van der Waals surface area contributed by atoms with Crippen LogP contribution in [0.3, 0.4) is 0 Å². The Morgan fingerprint density at radius 2 is 1.97 bits per heavy atom. The van der Waals surface area contributed by atoms with E-state index < -0.39 is 0 Å². The van der Waals surface area contributed by atoms with Gasteiger partial charge in [0.15, 0.2) is 6.29 Å². The Kier molecular flexibility index (Phi) is 6.71. The lowest BCUT2D eigenvalue weighted by atomic mass is 10.0. The van der Waals surface area contributed by atoms with Crippen molar-refractivity contribution in [3.8, 4) is 5.75 Å². The molecule has 4 rings (SSSR count). The molecule has 0 amide bonds. The van der Waals surface area contributed by atoms with Gasteiger partial charge < -0.3 is 20.7 Å². The molecule has 8 heteroatoms. The summed E-state index contributed by atoms with van der Waals surface area (Å²) in [5.41, 5.74) is 7.64. The molecule has 0 bridgehead atoms. The Bertz CT molecular complexity index is 1040. The highest BCUT2D eigenvalue weighted by atomic mass is 16.5.